The van der Waals surface area contributed by atoms with Gasteiger partial charge in [0.05, 0.1) is 5.69 Å². The Hall–Kier alpha value is -1.35. The van der Waals surface area contributed by atoms with Gasteiger partial charge in [-0.05, 0) is 71.9 Å². The minimum atomic E-state index is -0.138. The highest BCUT2D eigenvalue weighted by molar-refractivity contribution is 9.10. The molecule has 2 aromatic rings. The van der Waals surface area contributed by atoms with Crippen molar-refractivity contribution in [3.63, 3.8) is 0 Å². The highest BCUT2D eigenvalue weighted by Gasteiger charge is 2.11. The second kappa shape index (κ2) is 6.40. The first-order chi connectivity index (χ1) is 9.47. The molecule has 0 bridgehead atoms. The van der Waals surface area contributed by atoms with Crippen molar-refractivity contribution in [1.82, 2.24) is 0 Å². The molecule has 1 atom stereocenters. The zero-order valence-corrected chi connectivity index (χ0v) is 13.6. The normalized spacial score (nSPS) is 12.2. The van der Waals surface area contributed by atoms with Crippen molar-refractivity contribution in [3.05, 3.63) is 63.4 Å². The lowest BCUT2D eigenvalue weighted by atomic mass is 10.0. The molecule has 0 saturated heterocycles. The third-order valence-electron chi connectivity index (χ3n) is 3.31. The van der Waals surface area contributed by atoms with Crippen molar-refractivity contribution < 1.29 is 4.39 Å². The van der Waals surface area contributed by atoms with Crippen LogP contribution in [0.5, 0.6) is 0 Å². The summed E-state index contributed by atoms with van der Waals surface area (Å²) in [6.07, 6.45) is 0.659. The minimum absolute atomic E-state index is 0.138. The van der Waals surface area contributed by atoms with Gasteiger partial charge in [0.2, 0.25) is 0 Å². The SMILES string of the molecule is Cc1cc(C)c(NC(C)Cc2ccccc2F)c(Br)c1. The summed E-state index contributed by atoms with van der Waals surface area (Å²) in [5.41, 5.74) is 4.24. The lowest BCUT2D eigenvalue weighted by Gasteiger charge is -2.19. The van der Waals surface area contributed by atoms with Crippen LogP contribution < -0.4 is 5.32 Å². The summed E-state index contributed by atoms with van der Waals surface area (Å²) in [4.78, 5) is 0. The zero-order chi connectivity index (χ0) is 14.7. The molecular weight excluding hydrogens is 317 g/mol. The van der Waals surface area contributed by atoms with E-state index in [2.05, 4.69) is 54.2 Å². The van der Waals surface area contributed by atoms with Gasteiger partial charge in [-0.2, -0.15) is 0 Å². The van der Waals surface area contributed by atoms with E-state index in [-0.39, 0.29) is 11.9 Å². The molecule has 0 aliphatic rings. The average Bonchev–Trinajstić information content (AvgIpc) is 2.36. The summed E-state index contributed by atoms with van der Waals surface area (Å²) in [5.74, 6) is -0.138. The summed E-state index contributed by atoms with van der Waals surface area (Å²) >= 11 is 3.59. The van der Waals surface area contributed by atoms with Crippen molar-refractivity contribution in [2.24, 2.45) is 0 Å². The van der Waals surface area contributed by atoms with Crippen LogP contribution in [0.15, 0.2) is 40.9 Å². The number of hydrogen-bond acceptors (Lipinski definition) is 1. The van der Waals surface area contributed by atoms with E-state index in [9.17, 15) is 4.39 Å². The maximum atomic E-state index is 13.7. The van der Waals surface area contributed by atoms with E-state index in [1.54, 1.807) is 6.07 Å². The second-order valence-electron chi connectivity index (χ2n) is 5.28. The average molecular weight is 336 g/mol. The molecule has 0 amide bonds. The summed E-state index contributed by atoms with van der Waals surface area (Å²) in [7, 11) is 0. The van der Waals surface area contributed by atoms with Crippen molar-refractivity contribution in [2.75, 3.05) is 5.32 Å². The Bertz CT molecular complexity index is 587. The summed E-state index contributed by atoms with van der Waals surface area (Å²) < 4.78 is 14.7. The Kier molecular flexibility index (Phi) is 4.81. The molecule has 0 heterocycles. The molecule has 0 saturated carbocycles. The Morgan fingerprint density at radius 1 is 1.20 bits per heavy atom. The molecule has 20 heavy (non-hydrogen) atoms. The summed E-state index contributed by atoms with van der Waals surface area (Å²) in [5, 5.41) is 3.47. The van der Waals surface area contributed by atoms with E-state index in [4.69, 9.17) is 0 Å². The van der Waals surface area contributed by atoms with Crippen LogP contribution in [0.2, 0.25) is 0 Å². The van der Waals surface area contributed by atoms with E-state index >= 15 is 0 Å². The quantitative estimate of drug-likeness (QED) is 0.804. The molecule has 1 N–H and O–H groups in total. The number of aryl methyl sites for hydroxylation is 2. The maximum absolute atomic E-state index is 13.7. The van der Waals surface area contributed by atoms with Gasteiger partial charge in [-0.1, -0.05) is 24.3 Å². The maximum Gasteiger partial charge on any atom is 0.126 e. The van der Waals surface area contributed by atoms with Gasteiger partial charge in [-0.15, -0.1) is 0 Å². The number of halogens is 2. The molecule has 2 aromatic carbocycles. The van der Waals surface area contributed by atoms with Crippen molar-refractivity contribution >= 4 is 21.6 Å². The first-order valence-electron chi connectivity index (χ1n) is 6.74. The lowest BCUT2D eigenvalue weighted by Crippen LogP contribution is -2.19. The minimum Gasteiger partial charge on any atom is -0.381 e. The highest BCUT2D eigenvalue weighted by Crippen LogP contribution is 2.28. The van der Waals surface area contributed by atoms with Crippen molar-refractivity contribution in [2.45, 2.75) is 33.2 Å². The molecule has 0 fully saturated rings. The number of rotatable bonds is 4. The molecule has 0 spiro atoms. The molecule has 1 unspecified atom stereocenters. The Balaban J connectivity index is 2.13. The van der Waals surface area contributed by atoms with Gasteiger partial charge in [0, 0.05) is 10.5 Å². The third-order valence-corrected chi connectivity index (χ3v) is 3.93. The topological polar surface area (TPSA) is 12.0 Å². The van der Waals surface area contributed by atoms with E-state index < -0.39 is 0 Å². The van der Waals surface area contributed by atoms with Crippen LogP contribution in [0.25, 0.3) is 0 Å². The Morgan fingerprint density at radius 3 is 2.55 bits per heavy atom. The fourth-order valence-electron chi connectivity index (χ4n) is 2.39. The Labute approximate surface area is 128 Å². The molecule has 0 aliphatic heterocycles. The number of hydrogen-bond donors (Lipinski definition) is 1. The van der Waals surface area contributed by atoms with E-state index in [1.165, 1.54) is 17.2 Å². The van der Waals surface area contributed by atoms with Crippen LogP contribution >= 0.6 is 15.9 Å². The zero-order valence-electron chi connectivity index (χ0n) is 12.0. The first-order valence-corrected chi connectivity index (χ1v) is 7.53. The number of anilines is 1. The second-order valence-corrected chi connectivity index (χ2v) is 6.13. The smallest absolute Gasteiger partial charge is 0.126 e. The fraction of sp³-hybridized carbons (Fsp3) is 0.294. The highest BCUT2D eigenvalue weighted by atomic mass is 79.9. The van der Waals surface area contributed by atoms with Gasteiger partial charge in [0.1, 0.15) is 5.82 Å². The lowest BCUT2D eigenvalue weighted by molar-refractivity contribution is 0.601. The standard InChI is InChI=1S/C17H19BrFN/c1-11-8-12(2)17(15(18)9-11)20-13(3)10-14-6-4-5-7-16(14)19/h4-9,13,20H,10H2,1-3H3. The molecule has 2 rings (SSSR count). The molecule has 0 radical (unpaired) electrons. The van der Waals surface area contributed by atoms with Gasteiger partial charge in [0.15, 0.2) is 0 Å². The molecule has 1 nitrogen and oxygen atoms in total. The van der Waals surface area contributed by atoms with Crippen LogP contribution in [0.3, 0.4) is 0 Å². The third kappa shape index (κ3) is 3.60. The number of nitrogens with one attached hydrogen (secondary N) is 1. The van der Waals surface area contributed by atoms with E-state index in [0.717, 1.165) is 15.7 Å². The van der Waals surface area contributed by atoms with Crippen molar-refractivity contribution in [3.8, 4) is 0 Å². The van der Waals surface area contributed by atoms with Gasteiger partial charge in [-0.3, -0.25) is 0 Å². The van der Waals surface area contributed by atoms with E-state index in [0.29, 0.717) is 6.42 Å². The van der Waals surface area contributed by atoms with Crippen molar-refractivity contribution in [1.29, 1.82) is 0 Å². The summed E-state index contributed by atoms with van der Waals surface area (Å²) in [6, 6.07) is 11.3. The molecule has 106 valence electrons. The fourth-order valence-corrected chi connectivity index (χ4v) is 3.18. The van der Waals surface area contributed by atoms with Gasteiger partial charge < -0.3 is 5.32 Å². The largest absolute Gasteiger partial charge is 0.381 e. The van der Waals surface area contributed by atoms with Crippen LogP contribution in [0.4, 0.5) is 10.1 Å². The van der Waals surface area contributed by atoms with Crippen LogP contribution in [0, 0.1) is 19.7 Å². The summed E-state index contributed by atoms with van der Waals surface area (Å²) in [6.45, 7) is 6.22. The van der Waals surface area contributed by atoms with Crippen LogP contribution in [0.1, 0.15) is 23.6 Å². The van der Waals surface area contributed by atoms with Crippen LogP contribution in [-0.2, 0) is 6.42 Å². The molecule has 0 aromatic heterocycles. The van der Waals surface area contributed by atoms with E-state index in [1.807, 2.05) is 12.1 Å². The van der Waals surface area contributed by atoms with Gasteiger partial charge in [0.25, 0.3) is 0 Å². The van der Waals surface area contributed by atoms with Gasteiger partial charge >= 0.3 is 0 Å². The molecule has 0 aliphatic carbocycles. The monoisotopic (exact) mass is 335 g/mol. The Morgan fingerprint density at radius 2 is 1.90 bits per heavy atom. The molecule has 3 heteroatoms. The predicted octanol–water partition coefficient (Wildman–Crippen LogP) is 5.25. The van der Waals surface area contributed by atoms with Crippen LogP contribution in [-0.4, -0.2) is 6.04 Å². The number of benzene rings is 2. The van der Waals surface area contributed by atoms with Gasteiger partial charge in [-0.25, -0.2) is 4.39 Å². The predicted molar refractivity (Wildman–Crippen MR) is 86.8 cm³/mol. The molecular formula is C17H19BrFN. The first kappa shape index (κ1) is 15.0.